The SMILES string of the molecule is CC(CO)C(C)Nc1ccc([N+](=O)[O-])cc1Br. The van der Waals surface area contributed by atoms with Gasteiger partial charge in [-0.2, -0.15) is 0 Å². The normalized spacial score (nSPS) is 14.1. The van der Waals surface area contributed by atoms with Gasteiger partial charge in [0.15, 0.2) is 0 Å². The van der Waals surface area contributed by atoms with Gasteiger partial charge in [0, 0.05) is 34.9 Å². The first-order valence-corrected chi connectivity index (χ1v) is 6.06. The van der Waals surface area contributed by atoms with E-state index in [4.69, 9.17) is 5.11 Å². The van der Waals surface area contributed by atoms with E-state index in [1.807, 2.05) is 13.8 Å². The molecule has 17 heavy (non-hydrogen) atoms. The number of hydrogen-bond acceptors (Lipinski definition) is 4. The van der Waals surface area contributed by atoms with Crippen LogP contribution in [-0.4, -0.2) is 22.7 Å². The highest BCUT2D eigenvalue weighted by Gasteiger charge is 2.14. The first-order valence-electron chi connectivity index (χ1n) is 5.27. The molecule has 0 aliphatic rings. The molecule has 2 N–H and O–H groups in total. The second-order valence-electron chi connectivity index (χ2n) is 4.01. The molecule has 0 aromatic heterocycles. The van der Waals surface area contributed by atoms with Crippen molar-refractivity contribution in [2.24, 2.45) is 5.92 Å². The minimum Gasteiger partial charge on any atom is -0.396 e. The number of benzene rings is 1. The van der Waals surface area contributed by atoms with E-state index in [0.717, 1.165) is 5.69 Å². The van der Waals surface area contributed by atoms with Crippen LogP contribution in [0.25, 0.3) is 0 Å². The molecule has 6 heteroatoms. The number of nitrogens with one attached hydrogen (secondary N) is 1. The summed E-state index contributed by atoms with van der Waals surface area (Å²) in [4.78, 5) is 10.1. The molecule has 0 fully saturated rings. The molecule has 0 amide bonds. The monoisotopic (exact) mass is 302 g/mol. The number of rotatable bonds is 5. The Labute approximate surface area is 108 Å². The molecule has 0 saturated heterocycles. The number of nitrogens with zero attached hydrogens (tertiary/aromatic N) is 1. The Bertz CT molecular complexity index is 412. The zero-order valence-corrected chi connectivity index (χ0v) is 11.3. The third-order valence-electron chi connectivity index (χ3n) is 2.69. The van der Waals surface area contributed by atoms with Crippen LogP contribution in [0, 0.1) is 16.0 Å². The van der Waals surface area contributed by atoms with Gasteiger partial charge in [0.1, 0.15) is 0 Å². The Morgan fingerprint density at radius 1 is 1.53 bits per heavy atom. The number of aliphatic hydroxyl groups excluding tert-OH is 1. The van der Waals surface area contributed by atoms with Crippen LogP contribution >= 0.6 is 15.9 Å². The van der Waals surface area contributed by atoms with Gasteiger partial charge in [-0.25, -0.2) is 0 Å². The van der Waals surface area contributed by atoms with Gasteiger partial charge < -0.3 is 10.4 Å². The zero-order valence-electron chi connectivity index (χ0n) is 9.68. The van der Waals surface area contributed by atoms with Crippen molar-refractivity contribution in [2.75, 3.05) is 11.9 Å². The van der Waals surface area contributed by atoms with Crippen molar-refractivity contribution in [3.8, 4) is 0 Å². The molecule has 0 spiro atoms. The largest absolute Gasteiger partial charge is 0.396 e. The van der Waals surface area contributed by atoms with Gasteiger partial charge in [0.2, 0.25) is 0 Å². The molecule has 1 rings (SSSR count). The lowest BCUT2D eigenvalue weighted by Crippen LogP contribution is -2.26. The Kier molecular flexibility index (Phi) is 4.89. The molecule has 1 aromatic carbocycles. The van der Waals surface area contributed by atoms with Crippen molar-refractivity contribution in [2.45, 2.75) is 19.9 Å². The van der Waals surface area contributed by atoms with Gasteiger partial charge in [-0.05, 0) is 34.8 Å². The predicted octanol–water partition coefficient (Wildman–Crippen LogP) is 2.79. The van der Waals surface area contributed by atoms with Crippen molar-refractivity contribution in [1.29, 1.82) is 0 Å². The van der Waals surface area contributed by atoms with Crippen LogP contribution in [0.4, 0.5) is 11.4 Å². The van der Waals surface area contributed by atoms with Crippen LogP contribution in [0.5, 0.6) is 0 Å². The fraction of sp³-hybridized carbons (Fsp3) is 0.455. The molecule has 94 valence electrons. The zero-order chi connectivity index (χ0) is 13.0. The molecule has 5 nitrogen and oxygen atoms in total. The van der Waals surface area contributed by atoms with Crippen molar-refractivity contribution in [3.63, 3.8) is 0 Å². The topological polar surface area (TPSA) is 75.4 Å². The van der Waals surface area contributed by atoms with Gasteiger partial charge in [-0.1, -0.05) is 6.92 Å². The van der Waals surface area contributed by atoms with Gasteiger partial charge in [0.05, 0.1) is 4.92 Å². The van der Waals surface area contributed by atoms with Crippen LogP contribution < -0.4 is 5.32 Å². The van der Waals surface area contributed by atoms with Crippen LogP contribution in [0.1, 0.15) is 13.8 Å². The smallest absolute Gasteiger partial charge is 0.270 e. The fourth-order valence-electron chi connectivity index (χ4n) is 1.28. The maximum absolute atomic E-state index is 10.6. The highest BCUT2D eigenvalue weighted by molar-refractivity contribution is 9.10. The molecule has 0 aliphatic carbocycles. The van der Waals surface area contributed by atoms with Crippen molar-refractivity contribution in [3.05, 3.63) is 32.8 Å². The molecule has 1 aromatic rings. The maximum Gasteiger partial charge on any atom is 0.270 e. The summed E-state index contributed by atoms with van der Waals surface area (Å²) in [6.07, 6.45) is 0. The predicted molar refractivity (Wildman–Crippen MR) is 70.1 cm³/mol. The van der Waals surface area contributed by atoms with E-state index in [0.29, 0.717) is 4.47 Å². The van der Waals surface area contributed by atoms with Crippen LogP contribution in [0.2, 0.25) is 0 Å². The second-order valence-corrected chi connectivity index (χ2v) is 4.87. The van der Waals surface area contributed by atoms with Gasteiger partial charge in [0.25, 0.3) is 5.69 Å². The third kappa shape index (κ3) is 3.67. The molecule has 2 atom stereocenters. The molecule has 0 bridgehead atoms. The molecule has 0 saturated carbocycles. The maximum atomic E-state index is 10.6. The van der Waals surface area contributed by atoms with E-state index in [1.165, 1.54) is 12.1 Å². The number of nitro benzene ring substituents is 1. The van der Waals surface area contributed by atoms with E-state index in [-0.39, 0.29) is 24.3 Å². The number of hydrogen-bond donors (Lipinski definition) is 2. The lowest BCUT2D eigenvalue weighted by molar-refractivity contribution is -0.384. The fourth-order valence-corrected chi connectivity index (χ4v) is 1.76. The average Bonchev–Trinajstić information content (AvgIpc) is 2.30. The molecule has 0 radical (unpaired) electrons. The summed E-state index contributed by atoms with van der Waals surface area (Å²) in [5.74, 6) is 0.108. The summed E-state index contributed by atoms with van der Waals surface area (Å²) in [5.41, 5.74) is 0.827. The second kappa shape index (κ2) is 5.97. The quantitative estimate of drug-likeness (QED) is 0.648. The van der Waals surface area contributed by atoms with E-state index < -0.39 is 4.92 Å². The Morgan fingerprint density at radius 3 is 2.65 bits per heavy atom. The van der Waals surface area contributed by atoms with Crippen LogP contribution in [0.3, 0.4) is 0 Å². The number of halogens is 1. The molecule has 0 aliphatic heterocycles. The summed E-state index contributed by atoms with van der Waals surface area (Å²) in [7, 11) is 0. The number of nitro groups is 1. The van der Waals surface area contributed by atoms with E-state index in [9.17, 15) is 10.1 Å². The number of non-ortho nitro benzene ring substituents is 1. The summed E-state index contributed by atoms with van der Waals surface area (Å²) in [5, 5.41) is 22.8. The van der Waals surface area contributed by atoms with Crippen LogP contribution in [0.15, 0.2) is 22.7 Å². The summed E-state index contributed by atoms with van der Waals surface area (Å²) in [6, 6.07) is 4.64. The van der Waals surface area contributed by atoms with Gasteiger partial charge in [-0.3, -0.25) is 10.1 Å². The minimum absolute atomic E-state index is 0.0466. The number of aliphatic hydroxyl groups is 1. The first kappa shape index (κ1) is 13.9. The lowest BCUT2D eigenvalue weighted by atomic mass is 10.0. The van der Waals surface area contributed by atoms with Crippen molar-refractivity contribution in [1.82, 2.24) is 0 Å². The van der Waals surface area contributed by atoms with Crippen molar-refractivity contribution < 1.29 is 10.0 Å². The molecule has 0 heterocycles. The standard InChI is InChI=1S/C11H15BrN2O3/c1-7(6-15)8(2)13-11-4-3-9(14(16)17)5-10(11)12/h3-5,7-8,13,15H,6H2,1-2H3. The molecular weight excluding hydrogens is 288 g/mol. The average molecular weight is 303 g/mol. The number of anilines is 1. The highest BCUT2D eigenvalue weighted by atomic mass is 79.9. The summed E-state index contributed by atoms with van der Waals surface area (Å²) >= 11 is 3.29. The van der Waals surface area contributed by atoms with E-state index in [1.54, 1.807) is 6.07 Å². The third-order valence-corrected chi connectivity index (χ3v) is 3.34. The van der Waals surface area contributed by atoms with E-state index >= 15 is 0 Å². The highest BCUT2D eigenvalue weighted by Crippen LogP contribution is 2.28. The Morgan fingerprint density at radius 2 is 2.18 bits per heavy atom. The Hall–Kier alpha value is -1.14. The van der Waals surface area contributed by atoms with Gasteiger partial charge >= 0.3 is 0 Å². The van der Waals surface area contributed by atoms with E-state index in [2.05, 4.69) is 21.2 Å². The molecular formula is C11H15BrN2O3. The molecule has 2 unspecified atom stereocenters. The van der Waals surface area contributed by atoms with Gasteiger partial charge in [-0.15, -0.1) is 0 Å². The summed E-state index contributed by atoms with van der Waals surface area (Å²) in [6.45, 7) is 3.98. The van der Waals surface area contributed by atoms with Crippen LogP contribution in [-0.2, 0) is 0 Å². The Balaban J connectivity index is 2.82. The summed E-state index contributed by atoms with van der Waals surface area (Å²) < 4.78 is 0.642. The lowest BCUT2D eigenvalue weighted by Gasteiger charge is -2.21. The first-order chi connectivity index (χ1) is 7.95. The minimum atomic E-state index is -0.436. The van der Waals surface area contributed by atoms with Crippen molar-refractivity contribution >= 4 is 27.3 Å².